The molecule has 2 aliphatic rings. The van der Waals surface area contributed by atoms with E-state index in [9.17, 15) is 4.79 Å². The van der Waals surface area contributed by atoms with Crippen molar-refractivity contribution in [2.45, 2.75) is 31.8 Å². The second kappa shape index (κ2) is 10.7. The maximum absolute atomic E-state index is 10.8. The third-order valence-corrected chi connectivity index (χ3v) is 5.06. The van der Waals surface area contributed by atoms with Crippen molar-refractivity contribution in [3.63, 3.8) is 0 Å². The lowest BCUT2D eigenvalue weighted by molar-refractivity contribution is -0.119. The van der Waals surface area contributed by atoms with Crippen molar-refractivity contribution in [3.8, 4) is 5.75 Å². The number of carbonyl (C=O) groups excluding carboxylic acids is 1. The first-order chi connectivity index (χ1) is 12.7. The van der Waals surface area contributed by atoms with E-state index in [1.165, 1.54) is 32.4 Å². The van der Waals surface area contributed by atoms with Crippen LogP contribution in [0, 0.1) is 0 Å². The Labute approximate surface area is 178 Å². The van der Waals surface area contributed by atoms with Gasteiger partial charge in [0.25, 0.3) is 5.91 Å². The van der Waals surface area contributed by atoms with Crippen molar-refractivity contribution < 1.29 is 9.53 Å². The molecule has 0 saturated carbocycles. The molecule has 1 amide bonds. The molecule has 1 atom stereocenters. The second-order valence-corrected chi connectivity index (χ2v) is 6.93. The maximum atomic E-state index is 10.8. The van der Waals surface area contributed by atoms with Crippen molar-refractivity contribution in [1.82, 2.24) is 15.1 Å². The van der Waals surface area contributed by atoms with Crippen LogP contribution in [0.1, 0.15) is 24.8 Å². The maximum Gasteiger partial charge on any atom is 0.255 e. The molecule has 1 unspecified atom stereocenters. The fraction of sp³-hybridized carbons (Fsp3) is 0.579. The van der Waals surface area contributed by atoms with Gasteiger partial charge in [-0.2, -0.15) is 0 Å². The number of nitrogens with one attached hydrogen (secondary N) is 1. The number of carbonyl (C=O) groups is 1. The van der Waals surface area contributed by atoms with Crippen molar-refractivity contribution in [1.29, 1.82) is 0 Å². The zero-order valence-electron chi connectivity index (χ0n) is 15.9. The number of benzene rings is 1. The molecule has 7 nitrogen and oxygen atoms in total. The van der Waals surface area contributed by atoms with E-state index in [0.717, 1.165) is 24.6 Å². The number of ether oxygens (including phenoxy) is 1. The number of hydrogen-bond acceptors (Lipinski definition) is 4. The van der Waals surface area contributed by atoms with Gasteiger partial charge in [0.2, 0.25) is 0 Å². The van der Waals surface area contributed by atoms with E-state index in [1.54, 1.807) is 0 Å². The molecular formula is C19H30IN5O2. The van der Waals surface area contributed by atoms with Crippen LogP contribution >= 0.6 is 24.0 Å². The van der Waals surface area contributed by atoms with Gasteiger partial charge in [0.05, 0.1) is 0 Å². The Kier molecular flexibility index (Phi) is 8.62. The molecule has 2 heterocycles. The predicted octanol–water partition coefficient (Wildman–Crippen LogP) is 1.41. The zero-order chi connectivity index (χ0) is 18.4. The van der Waals surface area contributed by atoms with E-state index < -0.39 is 5.91 Å². The molecule has 2 aliphatic heterocycles. The first-order valence-corrected chi connectivity index (χ1v) is 9.35. The molecule has 3 N–H and O–H groups in total. The topological polar surface area (TPSA) is 83.2 Å². The molecule has 0 aliphatic carbocycles. The minimum Gasteiger partial charge on any atom is -0.484 e. The summed E-state index contributed by atoms with van der Waals surface area (Å²) in [5.74, 6) is 1.11. The molecule has 3 rings (SSSR count). The van der Waals surface area contributed by atoms with E-state index in [1.807, 2.05) is 31.3 Å². The van der Waals surface area contributed by atoms with Gasteiger partial charge in [-0.3, -0.25) is 14.7 Å². The average molecular weight is 487 g/mol. The Morgan fingerprint density at radius 3 is 2.81 bits per heavy atom. The lowest BCUT2D eigenvalue weighted by Crippen LogP contribution is -2.42. The zero-order valence-corrected chi connectivity index (χ0v) is 18.2. The van der Waals surface area contributed by atoms with E-state index in [4.69, 9.17) is 10.5 Å². The van der Waals surface area contributed by atoms with Crippen LogP contribution in [-0.4, -0.2) is 67.5 Å². The number of amides is 1. The second-order valence-electron chi connectivity index (χ2n) is 6.93. The summed E-state index contributed by atoms with van der Waals surface area (Å²) < 4.78 is 5.36. The molecule has 27 heavy (non-hydrogen) atoms. The molecule has 2 fully saturated rings. The van der Waals surface area contributed by atoms with Crippen LogP contribution in [0.4, 0.5) is 0 Å². The van der Waals surface area contributed by atoms with Crippen LogP contribution in [0.2, 0.25) is 0 Å². The first kappa shape index (κ1) is 21.7. The van der Waals surface area contributed by atoms with Gasteiger partial charge in [0, 0.05) is 32.7 Å². The summed E-state index contributed by atoms with van der Waals surface area (Å²) in [5.41, 5.74) is 6.19. The minimum atomic E-state index is -0.476. The summed E-state index contributed by atoms with van der Waals surface area (Å²) in [6, 6.07) is 8.33. The fourth-order valence-electron chi connectivity index (χ4n) is 3.75. The van der Waals surface area contributed by atoms with Crippen molar-refractivity contribution in [2.75, 3.05) is 39.8 Å². The Hall–Kier alpha value is -1.55. The van der Waals surface area contributed by atoms with Gasteiger partial charge in [0.1, 0.15) is 5.75 Å². The standard InChI is InChI=1S/C19H29N5O2.HI/c1-21-19(24-10-7-16(13-24)23-8-2-3-9-23)22-12-15-5-4-6-17(11-15)26-14-18(20)25;/h4-6,11,16H,2-3,7-10,12-14H2,1H3,(H2,20,25)(H,21,22);1H. The number of guanidine groups is 1. The first-order valence-electron chi connectivity index (χ1n) is 9.35. The largest absolute Gasteiger partial charge is 0.484 e. The number of hydrogen-bond donors (Lipinski definition) is 2. The molecule has 2 saturated heterocycles. The highest BCUT2D eigenvalue weighted by Gasteiger charge is 2.30. The van der Waals surface area contributed by atoms with Gasteiger partial charge in [-0.05, 0) is 50.0 Å². The third-order valence-electron chi connectivity index (χ3n) is 5.06. The number of aliphatic imine (C=N–C) groups is 1. The van der Waals surface area contributed by atoms with Gasteiger partial charge >= 0.3 is 0 Å². The average Bonchev–Trinajstić information content (AvgIpc) is 3.32. The number of rotatable bonds is 6. The summed E-state index contributed by atoms with van der Waals surface area (Å²) in [6.07, 6.45) is 3.87. The monoisotopic (exact) mass is 487 g/mol. The predicted molar refractivity (Wildman–Crippen MR) is 118 cm³/mol. The highest BCUT2D eigenvalue weighted by molar-refractivity contribution is 14.0. The highest BCUT2D eigenvalue weighted by Crippen LogP contribution is 2.20. The number of halogens is 1. The molecule has 150 valence electrons. The number of likely N-dealkylation sites (tertiary alicyclic amines) is 2. The number of primary amides is 1. The van der Waals surface area contributed by atoms with Crippen LogP contribution in [0.25, 0.3) is 0 Å². The molecule has 1 aromatic carbocycles. The van der Waals surface area contributed by atoms with Gasteiger partial charge in [0.15, 0.2) is 12.6 Å². The molecule has 0 bridgehead atoms. The Bertz CT molecular complexity index is 649. The molecule has 1 aromatic rings. The van der Waals surface area contributed by atoms with Crippen LogP contribution in [-0.2, 0) is 11.3 Å². The summed E-state index contributed by atoms with van der Waals surface area (Å²) in [6.45, 7) is 5.12. The summed E-state index contributed by atoms with van der Waals surface area (Å²) in [7, 11) is 1.83. The van der Waals surface area contributed by atoms with Crippen LogP contribution in [0.3, 0.4) is 0 Å². The van der Waals surface area contributed by atoms with Gasteiger partial charge in [-0.25, -0.2) is 0 Å². The smallest absolute Gasteiger partial charge is 0.255 e. The highest BCUT2D eigenvalue weighted by atomic mass is 127. The SMILES string of the molecule is CN=C(NCc1cccc(OCC(N)=O)c1)N1CCC(N2CCCC2)C1.I. The van der Waals surface area contributed by atoms with E-state index in [-0.39, 0.29) is 30.6 Å². The van der Waals surface area contributed by atoms with Crippen molar-refractivity contribution >= 4 is 35.8 Å². The number of nitrogens with two attached hydrogens (primary N) is 1. The molecule has 0 spiro atoms. The normalized spacial score (nSPS) is 20.4. The van der Waals surface area contributed by atoms with Gasteiger partial charge in [-0.15, -0.1) is 24.0 Å². The Morgan fingerprint density at radius 2 is 2.11 bits per heavy atom. The number of nitrogens with zero attached hydrogens (tertiary/aromatic N) is 3. The minimum absolute atomic E-state index is 0. The van der Waals surface area contributed by atoms with Crippen molar-refractivity contribution in [2.24, 2.45) is 10.7 Å². The third kappa shape index (κ3) is 6.24. The van der Waals surface area contributed by atoms with Crippen molar-refractivity contribution in [3.05, 3.63) is 29.8 Å². The summed E-state index contributed by atoms with van der Waals surface area (Å²) in [4.78, 5) is 20.3. The molecular weight excluding hydrogens is 457 g/mol. The lowest BCUT2D eigenvalue weighted by atomic mass is 10.2. The Balaban J connectivity index is 0.00000261. The van der Waals surface area contributed by atoms with E-state index in [2.05, 4.69) is 20.1 Å². The van der Waals surface area contributed by atoms with Crippen LogP contribution < -0.4 is 15.8 Å². The summed E-state index contributed by atoms with van der Waals surface area (Å²) in [5, 5.41) is 3.44. The summed E-state index contributed by atoms with van der Waals surface area (Å²) >= 11 is 0. The quantitative estimate of drug-likeness (QED) is 0.361. The fourth-order valence-corrected chi connectivity index (χ4v) is 3.75. The van der Waals surface area contributed by atoms with Gasteiger partial charge in [-0.1, -0.05) is 12.1 Å². The van der Waals surface area contributed by atoms with Crippen LogP contribution in [0.5, 0.6) is 5.75 Å². The van der Waals surface area contributed by atoms with Gasteiger partial charge < -0.3 is 20.7 Å². The molecule has 8 heteroatoms. The molecule has 0 aromatic heterocycles. The molecule has 0 radical (unpaired) electrons. The van der Waals surface area contributed by atoms with E-state index >= 15 is 0 Å². The Morgan fingerprint density at radius 1 is 1.33 bits per heavy atom. The lowest BCUT2D eigenvalue weighted by Gasteiger charge is -2.25. The van der Waals surface area contributed by atoms with E-state index in [0.29, 0.717) is 18.3 Å². The van der Waals surface area contributed by atoms with Crippen LogP contribution in [0.15, 0.2) is 29.3 Å².